The average Bonchev–Trinajstić information content (AvgIpc) is 2.69. The lowest BCUT2D eigenvalue weighted by Gasteiger charge is -2.51. The first-order valence-corrected chi connectivity index (χ1v) is 9.07. The van der Waals surface area contributed by atoms with E-state index in [9.17, 15) is 0 Å². The minimum absolute atomic E-state index is 0.0162. The van der Waals surface area contributed by atoms with E-state index in [-0.39, 0.29) is 6.10 Å². The van der Waals surface area contributed by atoms with Gasteiger partial charge in [-0.3, -0.25) is 9.88 Å². The molecule has 0 amide bonds. The molecule has 5 rings (SSSR count). The van der Waals surface area contributed by atoms with Crippen molar-refractivity contribution in [2.45, 2.75) is 25.0 Å². The third-order valence-corrected chi connectivity index (χ3v) is 5.84. The van der Waals surface area contributed by atoms with Gasteiger partial charge in [0.2, 0.25) is 0 Å². The molecule has 5 atom stereocenters. The summed E-state index contributed by atoms with van der Waals surface area (Å²) in [6.45, 7) is 6.58. The Morgan fingerprint density at radius 2 is 2.28 bits per heavy atom. The molecule has 25 heavy (non-hydrogen) atoms. The van der Waals surface area contributed by atoms with Crippen LogP contribution in [0, 0.1) is 24.2 Å². The summed E-state index contributed by atoms with van der Waals surface area (Å²) >= 11 is 0. The SMILES string of the molecule is C#CCO[C@H](c1ccnc2ccccc12)[C@@H]1C[C@@H]2CCN1C[C@H]2C=C. The maximum absolute atomic E-state index is 6.22. The molecule has 3 heteroatoms. The summed E-state index contributed by atoms with van der Waals surface area (Å²) in [5.41, 5.74) is 2.21. The van der Waals surface area contributed by atoms with E-state index in [1.165, 1.54) is 12.0 Å². The highest BCUT2D eigenvalue weighted by atomic mass is 16.5. The smallest absolute Gasteiger partial charge is 0.108 e. The van der Waals surface area contributed by atoms with Crippen LogP contribution in [-0.4, -0.2) is 35.6 Å². The van der Waals surface area contributed by atoms with Crippen LogP contribution < -0.4 is 0 Å². The number of para-hydroxylation sites is 1. The molecule has 1 aromatic carbocycles. The molecule has 2 bridgehead atoms. The molecule has 2 aromatic rings. The summed E-state index contributed by atoms with van der Waals surface area (Å²) in [5, 5.41) is 1.16. The number of terminal acetylenes is 1. The predicted molar refractivity (Wildman–Crippen MR) is 101 cm³/mol. The van der Waals surface area contributed by atoms with Gasteiger partial charge in [0.15, 0.2) is 0 Å². The van der Waals surface area contributed by atoms with Gasteiger partial charge in [-0.1, -0.05) is 30.2 Å². The first kappa shape index (κ1) is 16.3. The van der Waals surface area contributed by atoms with Crippen LogP contribution in [-0.2, 0) is 4.74 Å². The van der Waals surface area contributed by atoms with E-state index in [4.69, 9.17) is 11.2 Å². The van der Waals surface area contributed by atoms with Gasteiger partial charge in [-0.25, -0.2) is 0 Å². The lowest BCUT2D eigenvalue weighted by Crippen LogP contribution is -2.55. The second-order valence-electron chi connectivity index (χ2n) is 7.10. The molecule has 1 aromatic heterocycles. The van der Waals surface area contributed by atoms with Crippen LogP contribution in [0.1, 0.15) is 24.5 Å². The number of pyridine rings is 1. The summed E-state index contributed by atoms with van der Waals surface area (Å²) < 4.78 is 6.22. The Morgan fingerprint density at radius 3 is 3.04 bits per heavy atom. The third kappa shape index (κ3) is 2.97. The van der Waals surface area contributed by atoms with Gasteiger partial charge in [0.25, 0.3) is 0 Å². The third-order valence-electron chi connectivity index (χ3n) is 5.84. The summed E-state index contributed by atoms with van der Waals surface area (Å²) in [5.74, 6) is 3.96. The van der Waals surface area contributed by atoms with Crippen molar-refractivity contribution >= 4 is 10.9 Å². The number of hydrogen-bond donors (Lipinski definition) is 0. The highest BCUT2D eigenvalue weighted by Gasteiger charge is 2.43. The van der Waals surface area contributed by atoms with Crippen molar-refractivity contribution in [2.75, 3.05) is 19.7 Å². The normalized spacial score (nSPS) is 29.2. The van der Waals surface area contributed by atoms with Crippen molar-refractivity contribution < 1.29 is 4.74 Å². The lowest BCUT2D eigenvalue weighted by molar-refractivity contribution is -0.0673. The van der Waals surface area contributed by atoms with E-state index in [0.717, 1.165) is 30.4 Å². The molecule has 128 valence electrons. The Labute approximate surface area is 149 Å². The molecule has 1 unspecified atom stereocenters. The summed E-state index contributed by atoms with van der Waals surface area (Å²) in [4.78, 5) is 7.07. The first-order valence-electron chi connectivity index (χ1n) is 9.07. The average molecular weight is 332 g/mol. The zero-order chi connectivity index (χ0) is 17.2. The molecule has 0 aliphatic carbocycles. The second kappa shape index (κ2) is 7.00. The first-order chi connectivity index (χ1) is 12.3. The van der Waals surface area contributed by atoms with Crippen molar-refractivity contribution in [3.8, 4) is 12.3 Å². The Hall–Kier alpha value is -2.15. The fourth-order valence-electron chi connectivity index (χ4n) is 4.60. The Kier molecular flexibility index (Phi) is 4.57. The van der Waals surface area contributed by atoms with Crippen LogP contribution in [0.3, 0.4) is 0 Å². The topological polar surface area (TPSA) is 25.4 Å². The number of ether oxygens (including phenoxy) is 1. The Morgan fingerprint density at radius 1 is 1.40 bits per heavy atom. The van der Waals surface area contributed by atoms with Crippen LogP contribution in [0.5, 0.6) is 0 Å². The van der Waals surface area contributed by atoms with E-state index < -0.39 is 0 Å². The number of aromatic nitrogens is 1. The van der Waals surface area contributed by atoms with E-state index >= 15 is 0 Å². The van der Waals surface area contributed by atoms with Gasteiger partial charge < -0.3 is 4.74 Å². The molecule has 3 nitrogen and oxygen atoms in total. The zero-order valence-electron chi connectivity index (χ0n) is 14.5. The maximum Gasteiger partial charge on any atom is 0.108 e. The molecule has 4 heterocycles. The molecule has 0 N–H and O–H groups in total. The Balaban J connectivity index is 1.72. The van der Waals surface area contributed by atoms with Crippen LogP contribution in [0.2, 0.25) is 0 Å². The van der Waals surface area contributed by atoms with Gasteiger partial charge in [0.05, 0.1) is 11.6 Å². The van der Waals surface area contributed by atoms with Gasteiger partial charge >= 0.3 is 0 Å². The van der Waals surface area contributed by atoms with Crippen molar-refractivity contribution in [2.24, 2.45) is 11.8 Å². The molecule has 0 saturated carbocycles. The molecule has 0 spiro atoms. The number of rotatable bonds is 5. The van der Waals surface area contributed by atoms with Gasteiger partial charge in [-0.2, -0.15) is 0 Å². The summed E-state index contributed by atoms with van der Waals surface area (Å²) in [6, 6.07) is 10.7. The summed E-state index contributed by atoms with van der Waals surface area (Å²) in [6.07, 6.45) is 11.9. The van der Waals surface area contributed by atoms with Gasteiger partial charge in [0.1, 0.15) is 6.61 Å². The molecule has 3 fully saturated rings. The lowest BCUT2D eigenvalue weighted by atomic mass is 9.73. The van der Waals surface area contributed by atoms with Gasteiger partial charge in [-0.15, -0.1) is 13.0 Å². The maximum atomic E-state index is 6.22. The number of piperidine rings is 3. The fourth-order valence-corrected chi connectivity index (χ4v) is 4.60. The second-order valence-corrected chi connectivity index (χ2v) is 7.10. The van der Waals surface area contributed by atoms with Crippen molar-refractivity contribution in [1.82, 2.24) is 9.88 Å². The molecule has 3 aliphatic rings. The van der Waals surface area contributed by atoms with Crippen LogP contribution in [0.15, 0.2) is 49.2 Å². The molecule has 0 radical (unpaired) electrons. The zero-order valence-corrected chi connectivity index (χ0v) is 14.5. The minimum atomic E-state index is -0.0162. The largest absolute Gasteiger partial charge is 0.359 e. The molecule has 3 saturated heterocycles. The van der Waals surface area contributed by atoms with Crippen molar-refractivity contribution in [1.29, 1.82) is 0 Å². The van der Waals surface area contributed by atoms with E-state index in [2.05, 4.69) is 52.7 Å². The van der Waals surface area contributed by atoms with E-state index in [1.807, 2.05) is 12.3 Å². The molecule has 3 aliphatic heterocycles. The summed E-state index contributed by atoms with van der Waals surface area (Å²) in [7, 11) is 0. The van der Waals surface area contributed by atoms with Crippen LogP contribution >= 0.6 is 0 Å². The standard InChI is InChI=1S/C22H24N2O/c1-3-13-25-22(19-9-11-23-20-8-6-5-7-18(19)20)21-14-17-10-12-24(21)15-16(17)4-2/h1,4-9,11,16-17,21-22H,2,10,12-15H2/t16-,17+,21+,22-/m1/s1. The highest BCUT2D eigenvalue weighted by molar-refractivity contribution is 5.82. The minimum Gasteiger partial charge on any atom is -0.359 e. The fraction of sp³-hybridized carbons (Fsp3) is 0.409. The highest BCUT2D eigenvalue weighted by Crippen LogP contribution is 2.43. The van der Waals surface area contributed by atoms with Crippen LogP contribution in [0.25, 0.3) is 10.9 Å². The van der Waals surface area contributed by atoms with Crippen LogP contribution in [0.4, 0.5) is 0 Å². The molecular weight excluding hydrogens is 308 g/mol. The number of benzene rings is 1. The Bertz CT molecular complexity index is 804. The van der Waals surface area contributed by atoms with Crippen molar-refractivity contribution in [3.63, 3.8) is 0 Å². The molecular formula is C22H24N2O. The van der Waals surface area contributed by atoms with E-state index in [0.29, 0.717) is 24.5 Å². The quantitative estimate of drug-likeness (QED) is 0.615. The van der Waals surface area contributed by atoms with E-state index in [1.54, 1.807) is 0 Å². The van der Waals surface area contributed by atoms with Gasteiger partial charge in [0, 0.05) is 24.2 Å². The number of fused-ring (bicyclic) bond motifs is 4. The number of nitrogens with zero attached hydrogens (tertiary/aromatic N) is 2. The van der Waals surface area contributed by atoms with Gasteiger partial charge in [-0.05, 0) is 48.9 Å². The monoisotopic (exact) mass is 332 g/mol. The number of hydrogen-bond acceptors (Lipinski definition) is 3. The van der Waals surface area contributed by atoms with Crippen molar-refractivity contribution in [3.05, 3.63) is 54.7 Å². The predicted octanol–water partition coefficient (Wildman–Crippen LogP) is 3.82.